The summed E-state index contributed by atoms with van der Waals surface area (Å²) >= 11 is 0. The predicted octanol–water partition coefficient (Wildman–Crippen LogP) is 4.32. The van der Waals surface area contributed by atoms with Crippen molar-refractivity contribution in [3.63, 3.8) is 0 Å². The van der Waals surface area contributed by atoms with Crippen molar-refractivity contribution in [2.24, 2.45) is 5.92 Å². The smallest absolute Gasteiger partial charge is 0.227 e. The van der Waals surface area contributed by atoms with E-state index in [2.05, 4.69) is 34.3 Å². The van der Waals surface area contributed by atoms with Crippen LogP contribution in [0.5, 0.6) is 11.5 Å². The molecule has 1 N–H and O–H groups in total. The molecule has 0 bridgehead atoms. The molecule has 7 heteroatoms. The quantitative estimate of drug-likeness (QED) is 0.625. The molecule has 0 aliphatic carbocycles. The first-order valence-corrected chi connectivity index (χ1v) is 10.8. The molecular formula is C25H28N4O3. The lowest BCUT2D eigenvalue weighted by molar-refractivity contribution is -0.120. The zero-order valence-corrected chi connectivity index (χ0v) is 18.7. The maximum atomic E-state index is 12.8. The highest BCUT2D eigenvalue weighted by Crippen LogP contribution is 2.31. The lowest BCUT2D eigenvalue weighted by Gasteiger charge is -2.32. The Balaban J connectivity index is 1.37. The van der Waals surface area contributed by atoms with Crippen LogP contribution in [0.1, 0.15) is 18.4 Å². The number of rotatable bonds is 6. The number of nitrogens with one attached hydrogen (secondary N) is 1. The number of nitrogens with zero attached hydrogens (tertiary/aromatic N) is 3. The molecule has 1 fully saturated rings. The third kappa shape index (κ3) is 4.82. The number of methoxy groups -OCH3 is 2. The van der Waals surface area contributed by atoms with E-state index in [0.717, 1.165) is 43.1 Å². The van der Waals surface area contributed by atoms with Gasteiger partial charge in [-0.2, -0.15) is 0 Å². The van der Waals surface area contributed by atoms with Crippen LogP contribution >= 0.6 is 0 Å². The highest BCUT2D eigenvalue weighted by atomic mass is 16.5. The number of piperidine rings is 1. The molecule has 32 heavy (non-hydrogen) atoms. The molecule has 3 aromatic rings. The molecule has 0 unspecified atom stereocenters. The van der Waals surface area contributed by atoms with Crippen LogP contribution in [-0.4, -0.2) is 43.2 Å². The van der Waals surface area contributed by atoms with Gasteiger partial charge in [-0.15, -0.1) is 0 Å². The van der Waals surface area contributed by atoms with Gasteiger partial charge in [0.05, 0.1) is 14.2 Å². The van der Waals surface area contributed by atoms with Crippen molar-refractivity contribution in [3.05, 3.63) is 60.3 Å². The number of carbonyl (C=O) groups is 1. The maximum Gasteiger partial charge on any atom is 0.227 e. The first kappa shape index (κ1) is 21.6. The molecule has 1 saturated heterocycles. The van der Waals surface area contributed by atoms with E-state index in [9.17, 15) is 4.79 Å². The zero-order valence-electron chi connectivity index (χ0n) is 18.7. The van der Waals surface area contributed by atoms with Gasteiger partial charge in [-0.3, -0.25) is 4.79 Å². The largest absolute Gasteiger partial charge is 0.493 e. The Morgan fingerprint density at radius 1 is 1.00 bits per heavy atom. The summed E-state index contributed by atoms with van der Waals surface area (Å²) in [5.41, 5.74) is 2.91. The summed E-state index contributed by atoms with van der Waals surface area (Å²) in [6.07, 6.45) is 3.33. The fourth-order valence-electron chi connectivity index (χ4n) is 3.90. The van der Waals surface area contributed by atoms with Crippen LogP contribution in [0, 0.1) is 12.8 Å². The number of benzene rings is 2. The number of amides is 1. The minimum Gasteiger partial charge on any atom is -0.493 e. The maximum absolute atomic E-state index is 12.8. The summed E-state index contributed by atoms with van der Waals surface area (Å²) in [5, 5.41) is 3.01. The van der Waals surface area contributed by atoms with Crippen LogP contribution < -0.4 is 19.7 Å². The number of anilines is 2. The zero-order chi connectivity index (χ0) is 22.5. The van der Waals surface area contributed by atoms with Crippen LogP contribution in [0.15, 0.2) is 54.7 Å². The second kappa shape index (κ2) is 9.68. The van der Waals surface area contributed by atoms with Crippen LogP contribution in [0.2, 0.25) is 0 Å². The molecule has 4 rings (SSSR count). The van der Waals surface area contributed by atoms with Crippen molar-refractivity contribution < 1.29 is 14.3 Å². The van der Waals surface area contributed by atoms with Crippen LogP contribution in [0.4, 0.5) is 11.5 Å². The normalized spacial score (nSPS) is 14.2. The Morgan fingerprint density at radius 2 is 1.72 bits per heavy atom. The van der Waals surface area contributed by atoms with E-state index in [1.54, 1.807) is 32.5 Å². The van der Waals surface area contributed by atoms with Crippen molar-refractivity contribution in [1.29, 1.82) is 0 Å². The first-order chi connectivity index (χ1) is 15.6. The van der Waals surface area contributed by atoms with E-state index >= 15 is 0 Å². The summed E-state index contributed by atoms with van der Waals surface area (Å²) in [6.45, 7) is 3.61. The molecule has 2 heterocycles. The molecule has 1 aliphatic rings. The fourth-order valence-corrected chi connectivity index (χ4v) is 3.90. The molecule has 0 radical (unpaired) electrons. The molecule has 0 spiro atoms. The molecule has 0 atom stereocenters. The standard InChI is InChI=1S/C25H28N4O3/c1-17-4-6-18(7-5-17)24-26-13-10-23(28-24)29-14-11-19(12-15-29)25(30)27-20-8-9-21(31-2)22(16-20)32-3/h4-10,13,16,19H,11-12,14-15H2,1-3H3,(H,27,30). The average molecular weight is 433 g/mol. The van der Waals surface area contributed by atoms with Gasteiger partial charge in [0.1, 0.15) is 5.82 Å². The Kier molecular flexibility index (Phi) is 6.54. The van der Waals surface area contributed by atoms with Crippen molar-refractivity contribution in [3.8, 4) is 22.9 Å². The van der Waals surface area contributed by atoms with Gasteiger partial charge in [-0.05, 0) is 38.0 Å². The molecule has 166 valence electrons. The van der Waals surface area contributed by atoms with E-state index in [-0.39, 0.29) is 11.8 Å². The second-order valence-electron chi connectivity index (χ2n) is 7.92. The lowest BCUT2D eigenvalue weighted by Crippen LogP contribution is -2.38. The fraction of sp³-hybridized carbons (Fsp3) is 0.320. The number of aryl methyl sites for hydroxylation is 1. The Labute approximate surface area is 188 Å². The molecule has 2 aromatic carbocycles. The number of aromatic nitrogens is 2. The van der Waals surface area contributed by atoms with Crippen molar-refractivity contribution in [2.45, 2.75) is 19.8 Å². The number of hydrogen-bond acceptors (Lipinski definition) is 6. The van der Waals surface area contributed by atoms with E-state index in [4.69, 9.17) is 14.5 Å². The van der Waals surface area contributed by atoms with Crippen molar-refractivity contribution in [2.75, 3.05) is 37.5 Å². The van der Waals surface area contributed by atoms with Crippen molar-refractivity contribution >= 4 is 17.4 Å². The van der Waals surface area contributed by atoms with Gasteiger partial charge >= 0.3 is 0 Å². The number of ether oxygens (including phenoxy) is 2. The van der Waals surface area contributed by atoms with E-state index in [0.29, 0.717) is 17.2 Å². The van der Waals surface area contributed by atoms with Gasteiger partial charge in [-0.25, -0.2) is 9.97 Å². The Hall–Kier alpha value is -3.61. The van der Waals surface area contributed by atoms with E-state index in [1.807, 2.05) is 24.3 Å². The number of hydrogen-bond donors (Lipinski definition) is 1. The predicted molar refractivity (Wildman–Crippen MR) is 125 cm³/mol. The third-order valence-corrected chi connectivity index (χ3v) is 5.79. The molecule has 1 amide bonds. The summed E-state index contributed by atoms with van der Waals surface area (Å²) in [6, 6.07) is 15.5. The highest BCUT2D eigenvalue weighted by molar-refractivity contribution is 5.93. The Bertz CT molecular complexity index is 1080. The Morgan fingerprint density at radius 3 is 2.41 bits per heavy atom. The van der Waals surface area contributed by atoms with Crippen LogP contribution in [-0.2, 0) is 4.79 Å². The van der Waals surface area contributed by atoms with Gasteiger partial charge < -0.3 is 19.7 Å². The summed E-state index contributed by atoms with van der Waals surface area (Å²) in [7, 11) is 3.17. The summed E-state index contributed by atoms with van der Waals surface area (Å²) in [5.74, 6) is 2.82. The van der Waals surface area contributed by atoms with Gasteiger partial charge in [0.15, 0.2) is 17.3 Å². The molecule has 0 saturated carbocycles. The molecule has 7 nitrogen and oxygen atoms in total. The third-order valence-electron chi connectivity index (χ3n) is 5.79. The summed E-state index contributed by atoms with van der Waals surface area (Å²) in [4.78, 5) is 24.2. The highest BCUT2D eigenvalue weighted by Gasteiger charge is 2.26. The lowest BCUT2D eigenvalue weighted by atomic mass is 9.95. The van der Waals surface area contributed by atoms with Crippen molar-refractivity contribution in [1.82, 2.24) is 9.97 Å². The monoisotopic (exact) mass is 432 g/mol. The minimum atomic E-state index is -0.0437. The van der Waals surface area contributed by atoms with Gasteiger partial charge in [0.2, 0.25) is 5.91 Å². The van der Waals surface area contributed by atoms with Gasteiger partial charge in [0.25, 0.3) is 0 Å². The SMILES string of the molecule is COc1ccc(NC(=O)C2CCN(c3ccnc(-c4ccc(C)cc4)n3)CC2)cc1OC. The number of carbonyl (C=O) groups excluding carboxylic acids is 1. The molecular weight excluding hydrogens is 404 g/mol. The van der Waals surface area contributed by atoms with Gasteiger partial charge in [0, 0.05) is 42.5 Å². The van der Waals surface area contributed by atoms with E-state index in [1.165, 1.54) is 5.56 Å². The second-order valence-corrected chi connectivity index (χ2v) is 7.92. The minimum absolute atomic E-state index is 0.0277. The first-order valence-electron chi connectivity index (χ1n) is 10.8. The molecule has 1 aromatic heterocycles. The molecule has 1 aliphatic heterocycles. The summed E-state index contributed by atoms with van der Waals surface area (Å²) < 4.78 is 10.6. The van der Waals surface area contributed by atoms with Crippen LogP contribution in [0.3, 0.4) is 0 Å². The average Bonchev–Trinajstić information content (AvgIpc) is 2.84. The topological polar surface area (TPSA) is 76.6 Å². The van der Waals surface area contributed by atoms with Gasteiger partial charge in [-0.1, -0.05) is 29.8 Å². The van der Waals surface area contributed by atoms with Crippen LogP contribution in [0.25, 0.3) is 11.4 Å². The van der Waals surface area contributed by atoms with E-state index < -0.39 is 0 Å².